The Balaban J connectivity index is 1.40. The van der Waals surface area contributed by atoms with Crippen LogP contribution in [0.25, 0.3) is 5.00 Å². The molecular formula is C26H20ClN5O2S. The van der Waals surface area contributed by atoms with Crippen molar-refractivity contribution in [3.63, 3.8) is 0 Å². The molecule has 4 heterocycles. The standard InChI is InChI=1S/C26H20ClN5O2S/c1-15-29-30-22-14-28-23(19-10-4-5-11-21(19)27)20-13-16(35-26(20)32(15)22)7-6-12-31-24(33)17-8-2-3-9-18(17)25(31)34/h2-5,10-11,13,33-34H,8-9,12,14H2,1H3. The number of rotatable bonds is 2. The smallest absolute Gasteiger partial charge is 0.198 e. The first-order valence-electron chi connectivity index (χ1n) is 11.1. The first-order chi connectivity index (χ1) is 17.0. The maximum atomic E-state index is 10.6. The van der Waals surface area contributed by atoms with Crippen molar-refractivity contribution in [3.8, 4) is 28.6 Å². The molecule has 174 valence electrons. The largest absolute Gasteiger partial charge is 0.494 e. The minimum Gasteiger partial charge on any atom is -0.494 e. The predicted molar refractivity (Wildman–Crippen MR) is 136 cm³/mol. The van der Waals surface area contributed by atoms with Crippen LogP contribution in [0.2, 0.25) is 5.02 Å². The van der Waals surface area contributed by atoms with Gasteiger partial charge in [-0.25, -0.2) is 0 Å². The van der Waals surface area contributed by atoms with Gasteiger partial charge in [0.1, 0.15) is 17.4 Å². The van der Waals surface area contributed by atoms with E-state index in [1.165, 1.54) is 15.9 Å². The van der Waals surface area contributed by atoms with Gasteiger partial charge in [0, 0.05) is 27.3 Å². The van der Waals surface area contributed by atoms with E-state index in [0.29, 0.717) is 24.4 Å². The second kappa shape index (κ2) is 8.45. The molecule has 0 unspecified atom stereocenters. The number of aryl methyl sites for hydroxylation is 1. The zero-order chi connectivity index (χ0) is 24.1. The molecule has 2 N–H and O–H groups in total. The molecule has 4 aromatic rings. The molecule has 7 nitrogen and oxygen atoms in total. The Morgan fingerprint density at radius 3 is 2.54 bits per heavy atom. The van der Waals surface area contributed by atoms with E-state index in [0.717, 1.165) is 49.5 Å². The van der Waals surface area contributed by atoms with Gasteiger partial charge >= 0.3 is 0 Å². The van der Waals surface area contributed by atoms with Crippen molar-refractivity contribution in [2.24, 2.45) is 4.99 Å². The van der Waals surface area contributed by atoms with E-state index in [1.807, 2.05) is 54.0 Å². The van der Waals surface area contributed by atoms with Gasteiger partial charge in [0.2, 0.25) is 0 Å². The zero-order valence-corrected chi connectivity index (χ0v) is 20.4. The first-order valence-corrected chi connectivity index (χ1v) is 12.3. The van der Waals surface area contributed by atoms with Crippen LogP contribution in [-0.4, -0.2) is 35.3 Å². The van der Waals surface area contributed by atoms with Crippen LogP contribution in [0.4, 0.5) is 0 Å². The lowest BCUT2D eigenvalue weighted by atomic mass is 10.0. The summed E-state index contributed by atoms with van der Waals surface area (Å²) >= 11 is 8.06. The molecule has 3 aromatic heterocycles. The molecule has 0 bridgehead atoms. The van der Waals surface area contributed by atoms with Crippen LogP contribution >= 0.6 is 22.9 Å². The van der Waals surface area contributed by atoms with Crippen molar-refractivity contribution in [2.75, 3.05) is 0 Å². The monoisotopic (exact) mass is 501 g/mol. The van der Waals surface area contributed by atoms with E-state index in [2.05, 4.69) is 22.0 Å². The second-order valence-corrected chi connectivity index (χ2v) is 9.78. The summed E-state index contributed by atoms with van der Waals surface area (Å²) < 4.78 is 3.48. The average Bonchev–Trinajstić information content (AvgIpc) is 3.48. The van der Waals surface area contributed by atoms with Crippen LogP contribution in [0, 0.1) is 18.8 Å². The molecule has 1 aliphatic heterocycles. The molecule has 0 amide bonds. The van der Waals surface area contributed by atoms with Gasteiger partial charge in [-0.05, 0) is 31.9 Å². The number of aromatic nitrogens is 4. The minimum atomic E-state index is 0.0796. The van der Waals surface area contributed by atoms with Crippen LogP contribution in [0.15, 0.2) is 47.5 Å². The van der Waals surface area contributed by atoms with Crippen LogP contribution in [0.3, 0.4) is 0 Å². The first kappa shape index (κ1) is 21.7. The number of hydrogen-bond acceptors (Lipinski definition) is 6. The molecule has 0 atom stereocenters. The Bertz CT molecular complexity index is 1580. The van der Waals surface area contributed by atoms with Crippen molar-refractivity contribution in [1.82, 2.24) is 19.3 Å². The summed E-state index contributed by atoms with van der Waals surface area (Å²) in [4.78, 5) is 5.67. The highest BCUT2D eigenvalue weighted by Gasteiger charge is 2.25. The topological polar surface area (TPSA) is 88.5 Å². The summed E-state index contributed by atoms with van der Waals surface area (Å²) in [5.74, 6) is 8.01. The highest BCUT2D eigenvalue weighted by molar-refractivity contribution is 7.15. The lowest BCUT2D eigenvalue weighted by Crippen LogP contribution is -2.05. The van der Waals surface area contributed by atoms with Crippen molar-refractivity contribution in [3.05, 3.63) is 86.3 Å². The van der Waals surface area contributed by atoms with Gasteiger partial charge in [-0.2, -0.15) is 0 Å². The van der Waals surface area contributed by atoms with Gasteiger partial charge < -0.3 is 10.2 Å². The van der Waals surface area contributed by atoms with Gasteiger partial charge in [-0.1, -0.05) is 53.8 Å². The highest BCUT2D eigenvalue weighted by Crippen LogP contribution is 2.37. The minimum absolute atomic E-state index is 0.0796. The molecule has 0 spiro atoms. The summed E-state index contributed by atoms with van der Waals surface area (Å²) in [6.07, 6.45) is 5.21. The molecule has 0 radical (unpaired) electrons. The Kier molecular flexibility index (Phi) is 5.24. The third kappa shape index (κ3) is 3.55. The maximum Gasteiger partial charge on any atom is 0.198 e. The number of hydrogen-bond donors (Lipinski definition) is 2. The number of aromatic hydroxyl groups is 2. The SMILES string of the molecule is Cc1nnc2n1-c1sc(C#CCn3c(O)c4c(c3O)CC=CC4)cc1C(c1ccccc1Cl)=NC2. The predicted octanol–water partition coefficient (Wildman–Crippen LogP) is 4.56. The van der Waals surface area contributed by atoms with E-state index in [4.69, 9.17) is 16.6 Å². The van der Waals surface area contributed by atoms with Gasteiger partial charge in [0.15, 0.2) is 17.6 Å². The van der Waals surface area contributed by atoms with E-state index >= 15 is 0 Å². The third-order valence-corrected chi connectivity index (χ3v) is 7.61. The summed E-state index contributed by atoms with van der Waals surface area (Å²) in [6, 6.07) is 9.66. The lowest BCUT2D eigenvalue weighted by molar-refractivity contribution is 0.378. The van der Waals surface area contributed by atoms with Crippen LogP contribution in [-0.2, 0) is 25.9 Å². The van der Waals surface area contributed by atoms with E-state index in [1.54, 1.807) is 0 Å². The fourth-order valence-electron chi connectivity index (χ4n) is 4.55. The Morgan fingerprint density at radius 2 is 1.80 bits per heavy atom. The molecule has 0 fully saturated rings. The summed E-state index contributed by atoms with van der Waals surface area (Å²) in [7, 11) is 0. The van der Waals surface area contributed by atoms with Gasteiger partial charge in [-0.3, -0.25) is 14.1 Å². The normalized spacial score (nSPS) is 13.8. The van der Waals surface area contributed by atoms with Gasteiger partial charge in [0.05, 0.1) is 17.1 Å². The van der Waals surface area contributed by atoms with Crippen molar-refractivity contribution in [2.45, 2.75) is 32.9 Å². The fraction of sp³-hybridized carbons (Fsp3) is 0.192. The van der Waals surface area contributed by atoms with Gasteiger partial charge in [0.25, 0.3) is 0 Å². The highest BCUT2D eigenvalue weighted by atomic mass is 35.5. The summed E-state index contributed by atoms with van der Waals surface area (Å²) in [5.41, 5.74) is 4.10. The molecule has 2 aliphatic rings. The average molecular weight is 502 g/mol. The van der Waals surface area contributed by atoms with E-state index in [-0.39, 0.29) is 18.3 Å². The van der Waals surface area contributed by atoms with E-state index in [9.17, 15) is 10.2 Å². The molecule has 6 rings (SSSR count). The van der Waals surface area contributed by atoms with Crippen LogP contribution in [0.5, 0.6) is 11.8 Å². The number of halogens is 1. The van der Waals surface area contributed by atoms with Gasteiger partial charge in [-0.15, -0.1) is 21.5 Å². The van der Waals surface area contributed by atoms with E-state index < -0.39 is 0 Å². The number of fused-ring (bicyclic) bond motifs is 4. The second-order valence-electron chi connectivity index (χ2n) is 8.34. The van der Waals surface area contributed by atoms with Crippen LogP contribution in [0.1, 0.15) is 38.8 Å². The Morgan fingerprint density at radius 1 is 1.06 bits per heavy atom. The molecule has 1 aromatic carbocycles. The van der Waals surface area contributed by atoms with Crippen molar-refractivity contribution >= 4 is 28.6 Å². The number of nitrogens with zero attached hydrogens (tertiary/aromatic N) is 5. The Labute approximate surface area is 210 Å². The Hall–Kier alpha value is -3.80. The molecular weight excluding hydrogens is 482 g/mol. The summed E-state index contributed by atoms with van der Waals surface area (Å²) in [6.45, 7) is 2.49. The molecule has 1 aliphatic carbocycles. The zero-order valence-electron chi connectivity index (χ0n) is 18.8. The number of allylic oxidation sites excluding steroid dienone is 2. The molecule has 35 heavy (non-hydrogen) atoms. The van der Waals surface area contributed by atoms with Crippen molar-refractivity contribution in [1.29, 1.82) is 0 Å². The fourth-order valence-corrected chi connectivity index (χ4v) is 5.88. The third-order valence-electron chi connectivity index (χ3n) is 6.24. The quantitative estimate of drug-likeness (QED) is 0.311. The maximum absolute atomic E-state index is 10.6. The molecule has 0 saturated carbocycles. The number of aliphatic imine (C=N–C) groups is 1. The van der Waals surface area contributed by atoms with Crippen LogP contribution < -0.4 is 0 Å². The number of thiophene rings is 1. The van der Waals surface area contributed by atoms with Crippen molar-refractivity contribution < 1.29 is 10.2 Å². The number of benzene rings is 1. The molecule has 9 heteroatoms. The lowest BCUT2D eigenvalue weighted by Gasteiger charge is -2.08. The molecule has 0 saturated heterocycles. The summed E-state index contributed by atoms with van der Waals surface area (Å²) in [5, 5.41) is 31.3.